The Balaban J connectivity index is 2.10. The molecule has 2 rings (SSSR count). The van der Waals surface area contributed by atoms with Crippen LogP contribution in [0.1, 0.15) is 16.8 Å². The second-order valence-electron chi connectivity index (χ2n) is 4.06. The van der Waals surface area contributed by atoms with Gasteiger partial charge in [-0.2, -0.15) is 13.2 Å². The standard InChI is InChI=1S/C13H12F3N3/c1-9-7-17-6-5-10(9)8-18-12-4-2-3-11(19-12)13(14,15)16/h2-7H,8H2,1H3,(H,18,19). The average Bonchev–Trinajstić information content (AvgIpc) is 2.37. The van der Waals surface area contributed by atoms with Gasteiger partial charge in [-0.15, -0.1) is 0 Å². The monoisotopic (exact) mass is 267 g/mol. The van der Waals surface area contributed by atoms with Gasteiger partial charge < -0.3 is 5.32 Å². The molecule has 2 aromatic rings. The van der Waals surface area contributed by atoms with Crippen molar-refractivity contribution >= 4 is 5.82 Å². The number of halogens is 3. The summed E-state index contributed by atoms with van der Waals surface area (Å²) in [6, 6.07) is 5.60. The summed E-state index contributed by atoms with van der Waals surface area (Å²) in [4.78, 5) is 7.49. The van der Waals surface area contributed by atoms with Gasteiger partial charge in [-0.05, 0) is 36.2 Å². The molecule has 0 fully saturated rings. The highest BCUT2D eigenvalue weighted by atomic mass is 19.4. The lowest BCUT2D eigenvalue weighted by atomic mass is 10.1. The maximum absolute atomic E-state index is 12.5. The van der Waals surface area contributed by atoms with E-state index in [1.165, 1.54) is 12.1 Å². The predicted molar refractivity (Wildman–Crippen MR) is 65.5 cm³/mol. The average molecular weight is 267 g/mol. The molecule has 0 radical (unpaired) electrons. The highest BCUT2D eigenvalue weighted by Gasteiger charge is 2.32. The zero-order valence-corrected chi connectivity index (χ0v) is 10.2. The molecule has 19 heavy (non-hydrogen) atoms. The number of anilines is 1. The number of aromatic nitrogens is 2. The molecule has 0 aromatic carbocycles. The Morgan fingerprint density at radius 3 is 2.68 bits per heavy atom. The molecule has 0 unspecified atom stereocenters. The summed E-state index contributed by atoms with van der Waals surface area (Å²) in [5.41, 5.74) is 1.04. The summed E-state index contributed by atoms with van der Waals surface area (Å²) in [5.74, 6) is 0.200. The minimum absolute atomic E-state index is 0.200. The van der Waals surface area contributed by atoms with Crippen LogP contribution in [0.2, 0.25) is 0 Å². The van der Waals surface area contributed by atoms with E-state index in [0.717, 1.165) is 17.2 Å². The predicted octanol–water partition coefficient (Wildman–Crippen LogP) is 3.42. The van der Waals surface area contributed by atoms with Crippen LogP contribution in [0, 0.1) is 6.92 Å². The maximum atomic E-state index is 12.5. The molecule has 2 aromatic heterocycles. The SMILES string of the molecule is Cc1cnccc1CNc1cccc(C(F)(F)F)n1. The molecule has 0 aliphatic carbocycles. The molecule has 0 saturated carbocycles. The number of aryl methyl sites for hydroxylation is 1. The molecule has 0 atom stereocenters. The van der Waals surface area contributed by atoms with Crippen LogP contribution in [0.5, 0.6) is 0 Å². The van der Waals surface area contributed by atoms with Crippen LogP contribution in [0.3, 0.4) is 0 Å². The van der Waals surface area contributed by atoms with Crippen LogP contribution in [-0.4, -0.2) is 9.97 Å². The molecule has 0 amide bonds. The van der Waals surface area contributed by atoms with E-state index in [4.69, 9.17) is 0 Å². The summed E-state index contributed by atoms with van der Waals surface area (Å²) in [5, 5.41) is 2.88. The lowest BCUT2D eigenvalue weighted by molar-refractivity contribution is -0.141. The van der Waals surface area contributed by atoms with E-state index in [9.17, 15) is 13.2 Å². The summed E-state index contributed by atoms with van der Waals surface area (Å²) in [7, 11) is 0. The molecular weight excluding hydrogens is 255 g/mol. The lowest BCUT2D eigenvalue weighted by Gasteiger charge is -2.10. The number of rotatable bonds is 3. The van der Waals surface area contributed by atoms with Crippen molar-refractivity contribution < 1.29 is 13.2 Å². The Bertz CT molecular complexity index is 567. The van der Waals surface area contributed by atoms with Gasteiger partial charge >= 0.3 is 6.18 Å². The minimum atomic E-state index is -4.43. The third-order valence-electron chi connectivity index (χ3n) is 2.64. The number of nitrogens with zero attached hydrogens (tertiary/aromatic N) is 2. The van der Waals surface area contributed by atoms with Crippen LogP contribution in [0.15, 0.2) is 36.7 Å². The van der Waals surface area contributed by atoms with Gasteiger partial charge in [0.1, 0.15) is 11.5 Å². The van der Waals surface area contributed by atoms with Crippen LogP contribution in [0.4, 0.5) is 19.0 Å². The van der Waals surface area contributed by atoms with Gasteiger partial charge in [0.25, 0.3) is 0 Å². The highest BCUT2D eigenvalue weighted by molar-refractivity contribution is 5.37. The topological polar surface area (TPSA) is 37.8 Å². The van der Waals surface area contributed by atoms with Crippen molar-refractivity contribution in [1.29, 1.82) is 0 Å². The van der Waals surface area contributed by atoms with E-state index in [2.05, 4.69) is 15.3 Å². The summed E-state index contributed by atoms with van der Waals surface area (Å²) in [6.45, 7) is 2.30. The van der Waals surface area contributed by atoms with E-state index < -0.39 is 11.9 Å². The van der Waals surface area contributed by atoms with E-state index in [0.29, 0.717) is 6.54 Å². The first-order valence-corrected chi connectivity index (χ1v) is 5.64. The van der Waals surface area contributed by atoms with Gasteiger partial charge in [0.15, 0.2) is 0 Å². The lowest BCUT2D eigenvalue weighted by Crippen LogP contribution is -2.10. The van der Waals surface area contributed by atoms with Gasteiger partial charge in [-0.1, -0.05) is 6.07 Å². The van der Waals surface area contributed by atoms with Crippen LogP contribution in [0.25, 0.3) is 0 Å². The third-order valence-corrected chi connectivity index (χ3v) is 2.64. The Kier molecular flexibility index (Phi) is 3.69. The van der Waals surface area contributed by atoms with Crippen LogP contribution in [-0.2, 0) is 12.7 Å². The molecule has 0 aliphatic rings. The molecule has 0 bridgehead atoms. The quantitative estimate of drug-likeness (QED) is 0.926. The minimum Gasteiger partial charge on any atom is -0.366 e. The first-order chi connectivity index (χ1) is 8.97. The molecule has 0 aliphatic heterocycles. The van der Waals surface area contributed by atoms with Gasteiger partial charge in [0.05, 0.1) is 0 Å². The fraction of sp³-hybridized carbons (Fsp3) is 0.231. The normalized spacial score (nSPS) is 11.4. The van der Waals surface area contributed by atoms with Gasteiger partial charge in [-0.3, -0.25) is 4.98 Å². The Morgan fingerprint density at radius 1 is 1.21 bits per heavy atom. The molecule has 3 nitrogen and oxygen atoms in total. The molecular formula is C13H12F3N3. The Hall–Kier alpha value is -2.11. The maximum Gasteiger partial charge on any atom is 0.433 e. The Morgan fingerprint density at radius 2 is 2.00 bits per heavy atom. The molecule has 2 heterocycles. The van der Waals surface area contributed by atoms with E-state index in [1.54, 1.807) is 12.4 Å². The highest BCUT2D eigenvalue weighted by Crippen LogP contribution is 2.28. The van der Waals surface area contributed by atoms with E-state index in [-0.39, 0.29) is 5.82 Å². The summed E-state index contributed by atoms with van der Waals surface area (Å²) in [6.07, 6.45) is -1.08. The second kappa shape index (κ2) is 5.26. The van der Waals surface area contributed by atoms with Crippen molar-refractivity contribution in [3.05, 3.63) is 53.5 Å². The van der Waals surface area contributed by atoms with Gasteiger partial charge in [0, 0.05) is 18.9 Å². The number of alkyl halides is 3. The Labute approximate surface area is 108 Å². The van der Waals surface area contributed by atoms with E-state index >= 15 is 0 Å². The number of pyridine rings is 2. The van der Waals surface area contributed by atoms with Crippen molar-refractivity contribution in [3.63, 3.8) is 0 Å². The third kappa shape index (κ3) is 3.43. The van der Waals surface area contributed by atoms with Gasteiger partial charge in [0.2, 0.25) is 0 Å². The van der Waals surface area contributed by atoms with Crippen molar-refractivity contribution in [2.75, 3.05) is 5.32 Å². The molecule has 0 saturated heterocycles. The van der Waals surface area contributed by atoms with Crippen molar-refractivity contribution in [2.24, 2.45) is 0 Å². The largest absolute Gasteiger partial charge is 0.433 e. The van der Waals surface area contributed by atoms with Gasteiger partial charge in [-0.25, -0.2) is 4.98 Å². The second-order valence-corrected chi connectivity index (χ2v) is 4.06. The smallest absolute Gasteiger partial charge is 0.366 e. The molecule has 100 valence electrons. The van der Waals surface area contributed by atoms with E-state index in [1.807, 2.05) is 13.0 Å². The first-order valence-electron chi connectivity index (χ1n) is 5.64. The van der Waals surface area contributed by atoms with Crippen LogP contribution < -0.4 is 5.32 Å². The van der Waals surface area contributed by atoms with Crippen molar-refractivity contribution in [1.82, 2.24) is 9.97 Å². The van der Waals surface area contributed by atoms with Crippen molar-refractivity contribution in [3.8, 4) is 0 Å². The molecule has 6 heteroatoms. The zero-order valence-electron chi connectivity index (χ0n) is 10.2. The number of hydrogen-bond acceptors (Lipinski definition) is 3. The zero-order chi connectivity index (χ0) is 13.9. The molecule has 1 N–H and O–H groups in total. The van der Waals surface area contributed by atoms with Crippen molar-refractivity contribution in [2.45, 2.75) is 19.6 Å². The summed E-state index contributed by atoms with van der Waals surface area (Å²) >= 11 is 0. The fourth-order valence-corrected chi connectivity index (χ4v) is 1.58. The fourth-order valence-electron chi connectivity index (χ4n) is 1.58. The number of nitrogens with one attached hydrogen (secondary N) is 1. The summed E-state index contributed by atoms with van der Waals surface area (Å²) < 4.78 is 37.5. The van der Waals surface area contributed by atoms with Crippen LogP contribution >= 0.6 is 0 Å². The molecule has 0 spiro atoms. The first kappa shape index (κ1) is 13.3. The number of hydrogen-bond donors (Lipinski definition) is 1.